The number of hydrogen-bond acceptors (Lipinski definition) is 2. The van der Waals surface area contributed by atoms with E-state index in [1.807, 2.05) is 25.1 Å². The first-order valence-electron chi connectivity index (χ1n) is 5.58. The second kappa shape index (κ2) is 7.12. The molecular formula is C14H14Cl2N2O. The van der Waals surface area contributed by atoms with E-state index in [1.54, 1.807) is 24.5 Å². The summed E-state index contributed by atoms with van der Waals surface area (Å²) >= 11 is 5.91. The fourth-order valence-corrected chi connectivity index (χ4v) is 2.05. The predicted molar refractivity (Wildman–Crippen MR) is 80.2 cm³/mol. The fourth-order valence-electron chi connectivity index (χ4n) is 1.69. The number of pyridine rings is 1. The second-order valence-corrected chi connectivity index (χ2v) is 4.19. The summed E-state index contributed by atoms with van der Waals surface area (Å²) in [7, 11) is 0. The van der Waals surface area contributed by atoms with Crippen LogP contribution < -0.4 is 5.32 Å². The van der Waals surface area contributed by atoms with E-state index in [4.69, 9.17) is 11.6 Å². The molecule has 0 fully saturated rings. The van der Waals surface area contributed by atoms with E-state index in [2.05, 4.69) is 10.3 Å². The van der Waals surface area contributed by atoms with Gasteiger partial charge in [0.2, 0.25) is 0 Å². The molecule has 0 aliphatic heterocycles. The van der Waals surface area contributed by atoms with Crippen LogP contribution in [0.1, 0.15) is 21.5 Å². The van der Waals surface area contributed by atoms with Crippen LogP contribution in [0.15, 0.2) is 42.7 Å². The predicted octanol–water partition coefficient (Wildman–Crippen LogP) is 3.80. The lowest BCUT2D eigenvalue weighted by Gasteiger charge is -2.11. The first kappa shape index (κ1) is 15.5. The number of benzene rings is 1. The zero-order valence-corrected chi connectivity index (χ0v) is 12.0. The molecule has 5 heteroatoms. The molecule has 2 aromatic rings. The van der Waals surface area contributed by atoms with E-state index >= 15 is 0 Å². The SMILES string of the molecule is Cc1cccc(NC(=O)c2ccncc2)c1CCl.Cl. The summed E-state index contributed by atoms with van der Waals surface area (Å²) in [6, 6.07) is 9.06. The van der Waals surface area contributed by atoms with Crippen LogP contribution >= 0.6 is 24.0 Å². The molecule has 1 amide bonds. The number of aromatic nitrogens is 1. The lowest BCUT2D eigenvalue weighted by Crippen LogP contribution is -2.13. The van der Waals surface area contributed by atoms with Crippen LogP contribution in [-0.2, 0) is 5.88 Å². The van der Waals surface area contributed by atoms with E-state index in [1.165, 1.54) is 0 Å². The van der Waals surface area contributed by atoms with Crippen molar-refractivity contribution in [1.82, 2.24) is 4.98 Å². The van der Waals surface area contributed by atoms with E-state index in [-0.39, 0.29) is 18.3 Å². The highest BCUT2D eigenvalue weighted by Gasteiger charge is 2.09. The van der Waals surface area contributed by atoms with Crippen LogP contribution in [0, 0.1) is 6.92 Å². The number of carbonyl (C=O) groups excluding carboxylic acids is 1. The lowest BCUT2D eigenvalue weighted by molar-refractivity contribution is 0.102. The summed E-state index contributed by atoms with van der Waals surface area (Å²) in [5, 5.41) is 2.87. The highest BCUT2D eigenvalue weighted by Crippen LogP contribution is 2.22. The van der Waals surface area contributed by atoms with Gasteiger partial charge >= 0.3 is 0 Å². The van der Waals surface area contributed by atoms with Crippen molar-refractivity contribution in [1.29, 1.82) is 0 Å². The van der Waals surface area contributed by atoms with Crippen LogP contribution in [0.3, 0.4) is 0 Å². The fraction of sp³-hybridized carbons (Fsp3) is 0.143. The van der Waals surface area contributed by atoms with Gasteiger partial charge in [0.25, 0.3) is 5.91 Å². The molecule has 1 aromatic heterocycles. The zero-order chi connectivity index (χ0) is 13.0. The van der Waals surface area contributed by atoms with Gasteiger partial charge in [-0.1, -0.05) is 12.1 Å². The van der Waals surface area contributed by atoms with Crippen molar-refractivity contribution >= 4 is 35.6 Å². The van der Waals surface area contributed by atoms with Gasteiger partial charge in [0.1, 0.15) is 0 Å². The van der Waals surface area contributed by atoms with E-state index in [0.29, 0.717) is 11.4 Å². The molecule has 100 valence electrons. The molecular weight excluding hydrogens is 283 g/mol. The van der Waals surface area contributed by atoms with Crippen LogP contribution in [0.25, 0.3) is 0 Å². The standard InChI is InChI=1S/C14H13ClN2O.ClH/c1-10-3-2-4-13(12(10)9-15)17-14(18)11-5-7-16-8-6-11;/h2-8H,9H2,1H3,(H,17,18);1H. The van der Waals surface area contributed by atoms with E-state index in [9.17, 15) is 4.79 Å². The Labute approximate surface area is 123 Å². The Bertz CT molecular complexity index is 559. The Hall–Kier alpha value is -1.58. The van der Waals surface area contributed by atoms with Crippen LogP contribution in [0.2, 0.25) is 0 Å². The van der Waals surface area contributed by atoms with Gasteiger partial charge in [-0.25, -0.2) is 0 Å². The summed E-state index contributed by atoms with van der Waals surface area (Å²) in [5.74, 6) is 0.216. The molecule has 0 unspecified atom stereocenters. The average molecular weight is 297 g/mol. The molecule has 0 bridgehead atoms. The van der Waals surface area contributed by atoms with Crippen LogP contribution in [-0.4, -0.2) is 10.9 Å². The van der Waals surface area contributed by atoms with Crippen LogP contribution in [0.5, 0.6) is 0 Å². The minimum absolute atomic E-state index is 0. The highest BCUT2D eigenvalue weighted by atomic mass is 35.5. The van der Waals surface area contributed by atoms with Gasteiger partial charge in [0.15, 0.2) is 0 Å². The number of halogens is 2. The van der Waals surface area contributed by atoms with Crippen molar-refractivity contribution in [2.24, 2.45) is 0 Å². The molecule has 19 heavy (non-hydrogen) atoms. The van der Waals surface area contributed by atoms with Crippen molar-refractivity contribution in [2.75, 3.05) is 5.32 Å². The quantitative estimate of drug-likeness (QED) is 0.875. The van der Waals surface area contributed by atoms with Crippen molar-refractivity contribution < 1.29 is 4.79 Å². The molecule has 0 aliphatic carbocycles. The van der Waals surface area contributed by atoms with E-state index in [0.717, 1.165) is 16.8 Å². The Morgan fingerprint density at radius 3 is 2.58 bits per heavy atom. The summed E-state index contributed by atoms with van der Waals surface area (Å²) in [4.78, 5) is 15.9. The second-order valence-electron chi connectivity index (χ2n) is 3.92. The number of hydrogen-bond donors (Lipinski definition) is 1. The Kier molecular flexibility index (Phi) is 5.80. The molecule has 3 nitrogen and oxygen atoms in total. The van der Waals surface area contributed by atoms with Gasteiger partial charge in [0.05, 0.1) is 0 Å². The number of rotatable bonds is 3. The largest absolute Gasteiger partial charge is 0.322 e. The van der Waals surface area contributed by atoms with Gasteiger partial charge in [0, 0.05) is 29.5 Å². The maximum absolute atomic E-state index is 12.0. The van der Waals surface area contributed by atoms with Gasteiger partial charge in [-0.2, -0.15) is 0 Å². The molecule has 1 N–H and O–H groups in total. The Balaban J connectivity index is 0.00000180. The minimum Gasteiger partial charge on any atom is -0.322 e. The third kappa shape index (κ3) is 3.69. The normalized spacial score (nSPS) is 9.58. The monoisotopic (exact) mass is 296 g/mol. The summed E-state index contributed by atoms with van der Waals surface area (Å²) in [6.07, 6.45) is 3.18. The zero-order valence-electron chi connectivity index (χ0n) is 10.4. The van der Waals surface area contributed by atoms with Gasteiger partial charge in [-0.15, -0.1) is 24.0 Å². The smallest absolute Gasteiger partial charge is 0.255 e. The van der Waals surface area contributed by atoms with Crippen molar-refractivity contribution in [3.05, 3.63) is 59.4 Å². The molecule has 1 heterocycles. The third-order valence-corrected chi connectivity index (χ3v) is 3.00. The van der Waals surface area contributed by atoms with Crippen molar-refractivity contribution in [3.63, 3.8) is 0 Å². The summed E-state index contributed by atoms with van der Waals surface area (Å²) in [5.41, 5.74) is 3.35. The minimum atomic E-state index is -0.158. The van der Waals surface area contributed by atoms with Gasteiger partial charge in [-0.05, 0) is 36.2 Å². The van der Waals surface area contributed by atoms with Crippen molar-refractivity contribution in [2.45, 2.75) is 12.8 Å². The highest BCUT2D eigenvalue weighted by molar-refractivity contribution is 6.18. The number of nitrogens with zero attached hydrogens (tertiary/aromatic N) is 1. The number of anilines is 1. The topological polar surface area (TPSA) is 42.0 Å². The molecule has 0 saturated heterocycles. The van der Waals surface area contributed by atoms with Crippen molar-refractivity contribution in [3.8, 4) is 0 Å². The molecule has 0 radical (unpaired) electrons. The number of aryl methyl sites for hydroxylation is 1. The lowest BCUT2D eigenvalue weighted by atomic mass is 10.1. The summed E-state index contributed by atoms with van der Waals surface area (Å²) in [6.45, 7) is 1.97. The van der Waals surface area contributed by atoms with Gasteiger partial charge < -0.3 is 5.32 Å². The number of alkyl halides is 1. The third-order valence-electron chi connectivity index (χ3n) is 2.73. The summed E-state index contributed by atoms with van der Waals surface area (Å²) < 4.78 is 0. The average Bonchev–Trinajstić information content (AvgIpc) is 2.40. The molecule has 1 aromatic carbocycles. The number of amides is 1. The molecule has 2 rings (SSSR count). The first-order chi connectivity index (χ1) is 8.72. The molecule has 0 saturated carbocycles. The van der Waals surface area contributed by atoms with Crippen LogP contribution in [0.4, 0.5) is 5.69 Å². The first-order valence-corrected chi connectivity index (χ1v) is 6.11. The maximum Gasteiger partial charge on any atom is 0.255 e. The Morgan fingerprint density at radius 2 is 1.95 bits per heavy atom. The van der Waals surface area contributed by atoms with Gasteiger partial charge in [-0.3, -0.25) is 9.78 Å². The number of nitrogens with one attached hydrogen (secondary N) is 1. The maximum atomic E-state index is 12.0. The Morgan fingerprint density at radius 1 is 1.26 bits per heavy atom. The molecule has 0 atom stereocenters. The number of carbonyl (C=O) groups is 1. The van der Waals surface area contributed by atoms with E-state index < -0.39 is 0 Å². The molecule has 0 aliphatic rings. The molecule has 0 spiro atoms.